The van der Waals surface area contributed by atoms with Gasteiger partial charge >= 0.3 is 5.97 Å². The van der Waals surface area contributed by atoms with E-state index in [-0.39, 0.29) is 12.4 Å². The fourth-order valence-electron chi connectivity index (χ4n) is 1.53. The summed E-state index contributed by atoms with van der Waals surface area (Å²) >= 11 is 9.09. The Bertz CT molecular complexity index is 712. The van der Waals surface area contributed by atoms with Crippen molar-refractivity contribution >= 4 is 33.5 Å². The van der Waals surface area contributed by atoms with E-state index in [1.165, 1.54) is 0 Å². The van der Waals surface area contributed by atoms with Gasteiger partial charge in [0.05, 0.1) is 10.0 Å². The minimum Gasteiger partial charge on any atom is -0.481 e. The van der Waals surface area contributed by atoms with Crippen molar-refractivity contribution in [3.8, 4) is 17.6 Å². The summed E-state index contributed by atoms with van der Waals surface area (Å²) in [6, 6.07) is 13.4. The summed E-state index contributed by atoms with van der Waals surface area (Å²) in [6.45, 7) is -0.278. The lowest BCUT2D eigenvalue weighted by atomic mass is 10.2. The molecule has 2 rings (SSSR count). The van der Waals surface area contributed by atoms with Crippen LogP contribution >= 0.6 is 27.5 Å². The monoisotopic (exact) mass is 365 g/mol. The molecule has 0 aliphatic carbocycles. The van der Waals surface area contributed by atoms with Crippen molar-refractivity contribution in [2.75, 3.05) is 6.61 Å². The van der Waals surface area contributed by atoms with Crippen LogP contribution in [0, 0.1) is 11.3 Å². The van der Waals surface area contributed by atoms with Crippen LogP contribution < -0.4 is 9.47 Å². The zero-order valence-corrected chi connectivity index (χ0v) is 13.0. The fourth-order valence-corrected chi connectivity index (χ4v) is 2.33. The van der Waals surface area contributed by atoms with Crippen LogP contribution in [0.5, 0.6) is 11.5 Å². The molecule has 0 amide bonds. The van der Waals surface area contributed by atoms with Gasteiger partial charge in [0.15, 0.2) is 6.61 Å². The Morgan fingerprint density at radius 2 is 2.00 bits per heavy atom. The average molecular weight is 367 g/mol. The van der Waals surface area contributed by atoms with E-state index >= 15 is 0 Å². The molecular weight excluding hydrogens is 358 g/mol. The number of carbonyl (C=O) groups is 1. The first kappa shape index (κ1) is 15.4. The predicted octanol–water partition coefficient (Wildman–Crippen LogP) is 3.96. The normalized spacial score (nSPS) is 9.76. The van der Waals surface area contributed by atoms with E-state index < -0.39 is 5.97 Å². The number of benzene rings is 2. The van der Waals surface area contributed by atoms with Crippen molar-refractivity contribution in [2.24, 2.45) is 0 Å². The number of para-hydroxylation sites is 1. The molecule has 0 fully saturated rings. The summed E-state index contributed by atoms with van der Waals surface area (Å²) in [7, 11) is 0. The maximum Gasteiger partial charge on any atom is 0.349 e. The standard InChI is InChI=1S/C15H9BrClNO3/c16-12-7-11(17)5-6-14(12)20-9-15(19)21-13-4-2-1-3-10(13)8-18/h1-7H,9H2. The van der Waals surface area contributed by atoms with Crippen molar-refractivity contribution in [1.82, 2.24) is 0 Å². The zero-order chi connectivity index (χ0) is 15.2. The number of rotatable bonds is 4. The molecule has 0 bridgehead atoms. The summed E-state index contributed by atoms with van der Waals surface area (Å²) in [5.74, 6) is 0.0910. The second-order valence-electron chi connectivity index (χ2n) is 3.95. The smallest absolute Gasteiger partial charge is 0.349 e. The first-order chi connectivity index (χ1) is 10.1. The van der Waals surface area contributed by atoms with Gasteiger partial charge in [-0.05, 0) is 46.3 Å². The number of nitrogens with zero attached hydrogens (tertiary/aromatic N) is 1. The molecule has 0 saturated carbocycles. The molecule has 0 heterocycles. The number of esters is 1. The molecule has 2 aromatic carbocycles. The van der Waals surface area contributed by atoms with Crippen LogP contribution in [0.25, 0.3) is 0 Å². The highest BCUT2D eigenvalue weighted by Gasteiger charge is 2.11. The van der Waals surface area contributed by atoms with Crippen LogP contribution in [0.1, 0.15) is 5.56 Å². The number of ether oxygens (including phenoxy) is 2. The van der Waals surface area contributed by atoms with Crippen LogP contribution in [0.15, 0.2) is 46.9 Å². The molecule has 0 aliphatic rings. The summed E-state index contributed by atoms with van der Waals surface area (Å²) in [6.07, 6.45) is 0. The first-order valence-electron chi connectivity index (χ1n) is 5.88. The average Bonchev–Trinajstić information content (AvgIpc) is 2.47. The third kappa shape index (κ3) is 4.22. The van der Waals surface area contributed by atoms with Crippen molar-refractivity contribution in [3.63, 3.8) is 0 Å². The minimum atomic E-state index is -0.598. The van der Waals surface area contributed by atoms with Crippen LogP contribution in [-0.4, -0.2) is 12.6 Å². The van der Waals surface area contributed by atoms with Crippen molar-refractivity contribution in [3.05, 3.63) is 57.5 Å². The zero-order valence-electron chi connectivity index (χ0n) is 10.7. The molecule has 0 unspecified atom stereocenters. The Balaban J connectivity index is 1.98. The van der Waals surface area contributed by atoms with E-state index in [2.05, 4.69) is 15.9 Å². The van der Waals surface area contributed by atoms with Crippen LogP contribution in [0.2, 0.25) is 5.02 Å². The largest absolute Gasteiger partial charge is 0.481 e. The van der Waals surface area contributed by atoms with Gasteiger partial charge in [0, 0.05) is 5.02 Å². The third-order valence-electron chi connectivity index (χ3n) is 2.47. The molecule has 0 spiro atoms. The molecule has 4 nitrogen and oxygen atoms in total. The second kappa shape index (κ2) is 7.11. The van der Waals surface area contributed by atoms with Gasteiger partial charge in [-0.15, -0.1) is 0 Å². The van der Waals surface area contributed by atoms with Gasteiger partial charge in [-0.1, -0.05) is 23.7 Å². The van der Waals surface area contributed by atoms with E-state index in [0.717, 1.165) is 0 Å². The van der Waals surface area contributed by atoms with Crippen LogP contribution in [0.4, 0.5) is 0 Å². The van der Waals surface area contributed by atoms with Gasteiger partial charge in [-0.3, -0.25) is 0 Å². The molecule has 21 heavy (non-hydrogen) atoms. The second-order valence-corrected chi connectivity index (χ2v) is 5.24. The van der Waals surface area contributed by atoms with Gasteiger partial charge < -0.3 is 9.47 Å². The number of nitriles is 1. The fraction of sp³-hybridized carbons (Fsp3) is 0.0667. The SMILES string of the molecule is N#Cc1ccccc1OC(=O)COc1ccc(Cl)cc1Br. The van der Waals surface area contributed by atoms with Crippen molar-refractivity contribution in [2.45, 2.75) is 0 Å². The number of carbonyl (C=O) groups excluding carboxylic acids is 1. The number of hydrogen-bond acceptors (Lipinski definition) is 4. The maximum absolute atomic E-state index is 11.7. The summed E-state index contributed by atoms with van der Waals surface area (Å²) < 4.78 is 11.1. The quantitative estimate of drug-likeness (QED) is 0.607. The molecule has 0 N–H and O–H groups in total. The van der Waals surface area contributed by atoms with Crippen molar-refractivity contribution in [1.29, 1.82) is 5.26 Å². The van der Waals surface area contributed by atoms with Gasteiger partial charge in [0.1, 0.15) is 17.6 Å². The summed E-state index contributed by atoms with van der Waals surface area (Å²) in [4.78, 5) is 11.7. The third-order valence-corrected chi connectivity index (χ3v) is 3.33. The van der Waals surface area contributed by atoms with E-state index in [4.69, 9.17) is 26.3 Å². The Labute approximate surface area is 135 Å². The predicted molar refractivity (Wildman–Crippen MR) is 81.4 cm³/mol. The van der Waals surface area contributed by atoms with Crippen molar-refractivity contribution < 1.29 is 14.3 Å². The van der Waals surface area contributed by atoms with Gasteiger partial charge in [0.25, 0.3) is 0 Å². The molecule has 6 heteroatoms. The van der Waals surface area contributed by atoms with Gasteiger partial charge in [-0.25, -0.2) is 4.79 Å². The van der Waals surface area contributed by atoms with Crippen LogP contribution in [0.3, 0.4) is 0 Å². The highest BCUT2D eigenvalue weighted by Crippen LogP contribution is 2.28. The molecule has 0 aliphatic heterocycles. The minimum absolute atomic E-state index is 0.212. The summed E-state index contributed by atoms with van der Waals surface area (Å²) in [5, 5.41) is 9.47. The molecule has 0 saturated heterocycles. The van der Waals surface area contributed by atoms with E-state index in [9.17, 15) is 4.79 Å². The highest BCUT2D eigenvalue weighted by molar-refractivity contribution is 9.10. The lowest BCUT2D eigenvalue weighted by Crippen LogP contribution is -2.18. The van der Waals surface area contributed by atoms with E-state index in [1.807, 2.05) is 6.07 Å². The Hall–Kier alpha value is -2.03. The highest BCUT2D eigenvalue weighted by atomic mass is 79.9. The molecule has 2 aromatic rings. The summed E-state index contributed by atoms with van der Waals surface area (Å²) in [5.41, 5.74) is 0.290. The molecule has 0 radical (unpaired) electrons. The van der Waals surface area contributed by atoms with E-state index in [1.54, 1.807) is 42.5 Å². The Morgan fingerprint density at radius 1 is 1.24 bits per heavy atom. The molecule has 106 valence electrons. The van der Waals surface area contributed by atoms with Gasteiger partial charge in [-0.2, -0.15) is 5.26 Å². The molecular formula is C15H9BrClNO3. The Morgan fingerprint density at radius 3 is 2.71 bits per heavy atom. The lowest BCUT2D eigenvalue weighted by Gasteiger charge is -2.09. The topological polar surface area (TPSA) is 59.3 Å². The molecule has 0 aromatic heterocycles. The number of hydrogen-bond donors (Lipinski definition) is 0. The number of halogens is 2. The molecule has 0 atom stereocenters. The first-order valence-corrected chi connectivity index (χ1v) is 7.05. The van der Waals surface area contributed by atoms with Crippen LogP contribution in [-0.2, 0) is 4.79 Å². The maximum atomic E-state index is 11.7. The lowest BCUT2D eigenvalue weighted by molar-refractivity contribution is -0.136. The van der Waals surface area contributed by atoms with E-state index in [0.29, 0.717) is 20.8 Å². The van der Waals surface area contributed by atoms with Gasteiger partial charge in [0.2, 0.25) is 0 Å². The Kier molecular flexibility index (Phi) is 5.20.